The Morgan fingerprint density at radius 2 is 2.06 bits per heavy atom. The van der Waals surface area contributed by atoms with Gasteiger partial charge in [-0.15, -0.1) is 0 Å². The van der Waals surface area contributed by atoms with Gasteiger partial charge in [0.15, 0.2) is 0 Å². The molecular weight excluding hydrogens is 208 g/mol. The lowest BCUT2D eigenvalue weighted by Gasteiger charge is -2.26. The number of benzene rings is 1. The monoisotopic (exact) mass is 230 g/mol. The molecule has 2 saturated heterocycles. The summed E-state index contributed by atoms with van der Waals surface area (Å²) in [5.41, 5.74) is 1.42. The number of fused-ring (bicyclic) bond motifs is 2. The lowest BCUT2D eigenvalue weighted by atomic mass is 9.89. The molecule has 2 heterocycles. The second-order valence-electron chi connectivity index (χ2n) is 5.73. The predicted octanol–water partition coefficient (Wildman–Crippen LogP) is 2.26. The largest absolute Gasteiger partial charge is 0.311 e. The minimum Gasteiger partial charge on any atom is -0.311 e. The van der Waals surface area contributed by atoms with Crippen molar-refractivity contribution >= 4 is 0 Å². The Kier molecular flexibility index (Phi) is 3.17. The third-order valence-electron chi connectivity index (χ3n) is 4.27. The van der Waals surface area contributed by atoms with Crippen molar-refractivity contribution in [3.63, 3.8) is 0 Å². The van der Waals surface area contributed by atoms with Crippen molar-refractivity contribution in [1.82, 2.24) is 10.2 Å². The van der Waals surface area contributed by atoms with Gasteiger partial charge in [-0.05, 0) is 37.8 Å². The van der Waals surface area contributed by atoms with Crippen molar-refractivity contribution in [1.29, 1.82) is 0 Å². The van der Waals surface area contributed by atoms with Crippen molar-refractivity contribution in [3.05, 3.63) is 35.9 Å². The summed E-state index contributed by atoms with van der Waals surface area (Å²) in [5, 5.41) is 3.72. The van der Waals surface area contributed by atoms with Gasteiger partial charge < -0.3 is 10.2 Å². The van der Waals surface area contributed by atoms with Crippen LogP contribution in [0.1, 0.15) is 24.8 Å². The molecule has 0 spiro atoms. The molecule has 1 aromatic carbocycles. The van der Waals surface area contributed by atoms with E-state index in [1.54, 1.807) is 0 Å². The first-order chi connectivity index (χ1) is 8.31. The molecule has 2 bridgehead atoms. The zero-order valence-electron chi connectivity index (χ0n) is 10.6. The average Bonchev–Trinajstić information content (AvgIpc) is 2.92. The fraction of sp³-hybridized carbons (Fsp3) is 0.600. The number of hydrogen-bond acceptors (Lipinski definition) is 2. The molecule has 2 aliphatic heterocycles. The second kappa shape index (κ2) is 4.79. The van der Waals surface area contributed by atoms with Crippen LogP contribution < -0.4 is 5.32 Å². The highest BCUT2D eigenvalue weighted by atomic mass is 15.1. The Bertz CT molecular complexity index is 362. The van der Waals surface area contributed by atoms with Gasteiger partial charge in [0.25, 0.3) is 0 Å². The Morgan fingerprint density at radius 3 is 2.71 bits per heavy atom. The molecular formula is C15H22N2. The SMILES string of the molecule is CN(Cc1ccccc1)CC1CC2CCC1N2. The number of nitrogens with zero attached hydrogens (tertiary/aromatic N) is 1. The van der Waals surface area contributed by atoms with Crippen LogP contribution in [0, 0.1) is 5.92 Å². The van der Waals surface area contributed by atoms with Crippen LogP contribution in [0.5, 0.6) is 0 Å². The molecule has 17 heavy (non-hydrogen) atoms. The lowest BCUT2D eigenvalue weighted by molar-refractivity contribution is 0.242. The molecule has 2 nitrogen and oxygen atoms in total. The van der Waals surface area contributed by atoms with Gasteiger partial charge in [-0.2, -0.15) is 0 Å². The normalized spacial score (nSPS) is 31.3. The predicted molar refractivity (Wildman–Crippen MR) is 70.8 cm³/mol. The Balaban J connectivity index is 1.52. The van der Waals surface area contributed by atoms with Crippen LogP contribution >= 0.6 is 0 Å². The van der Waals surface area contributed by atoms with Crippen LogP contribution in [-0.2, 0) is 6.54 Å². The van der Waals surface area contributed by atoms with Crippen molar-refractivity contribution in [3.8, 4) is 0 Å². The number of rotatable bonds is 4. The summed E-state index contributed by atoms with van der Waals surface area (Å²) in [6.07, 6.45) is 4.20. The van der Waals surface area contributed by atoms with Gasteiger partial charge in [0, 0.05) is 25.2 Å². The maximum atomic E-state index is 3.72. The van der Waals surface area contributed by atoms with Crippen LogP contribution in [0.2, 0.25) is 0 Å². The summed E-state index contributed by atoms with van der Waals surface area (Å²) in [7, 11) is 2.25. The molecule has 92 valence electrons. The van der Waals surface area contributed by atoms with E-state index in [9.17, 15) is 0 Å². The zero-order chi connectivity index (χ0) is 11.7. The Hall–Kier alpha value is -0.860. The van der Waals surface area contributed by atoms with Gasteiger partial charge in [0.05, 0.1) is 0 Å². The number of hydrogen-bond donors (Lipinski definition) is 1. The van der Waals surface area contributed by atoms with E-state index in [1.807, 2.05) is 0 Å². The van der Waals surface area contributed by atoms with E-state index in [0.29, 0.717) is 0 Å². The van der Waals surface area contributed by atoms with E-state index in [2.05, 4.69) is 47.6 Å². The van der Waals surface area contributed by atoms with Gasteiger partial charge in [0.2, 0.25) is 0 Å². The van der Waals surface area contributed by atoms with E-state index in [1.165, 1.54) is 31.4 Å². The van der Waals surface area contributed by atoms with Gasteiger partial charge >= 0.3 is 0 Å². The van der Waals surface area contributed by atoms with Crippen molar-refractivity contribution < 1.29 is 0 Å². The first-order valence-corrected chi connectivity index (χ1v) is 6.80. The van der Waals surface area contributed by atoms with Gasteiger partial charge in [-0.1, -0.05) is 30.3 Å². The van der Waals surface area contributed by atoms with Crippen LogP contribution in [0.3, 0.4) is 0 Å². The molecule has 2 heteroatoms. The van der Waals surface area contributed by atoms with Crippen LogP contribution in [-0.4, -0.2) is 30.6 Å². The van der Waals surface area contributed by atoms with Gasteiger partial charge in [-0.3, -0.25) is 0 Å². The van der Waals surface area contributed by atoms with Crippen molar-refractivity contribution in [2.24, 2.45) is 5.92 Å². The van der Waals surface area contributed by atoms with Crippen molar-refractivity contribution in [2.75, 3.05) is 13.6 Å². The Morgan fingerprint density at radius 1 is 1.24 bits per heavy atom. The van der Waals surface area contributed by atoms with E-state index >= 15 is 0 Å². The summed E-state index contributed by atoms with van der Waals surface area (Å²) >= 11 is 0. The highest BCUT2D eigenvalue weighted by molar-refractivity contribution is 5.14. The average molecular weight is 230 g/mol. The molecule has 3 atom stereocenters. The summed E-state index contributed by atoms with van der Waals surface area (Å²) in [6, 6.07) is 12.4. The molecule has 0 radical (unpaired) electrons. The van der Waals surface area contributed by atoms with Gasteiger partial charge in [-0.25, -0.2) is 0 Å². The van der Waals surface area contributed by atoms with E-state index in [-0.39, 0.29) is 0 Å². The zero-order valence-corrected chi connectivity index (χ0v) is 10.6. The highest BCUT2D eigenvalue weighted by Crippen LogP contribution is 2.33. The quantitative estimate of drug-likeness (QED) is 0.853. The smallest absolute Gasteiger partial charge is 0.0230 e. The van der Waals surface area contributed by atoms with E-state index < -0.39 is 0 Å². The minimum absolute atomic E-state index is 0.804. The third kappa shape index (κ3) is 2.53. The van der Waals surface area contributed by atoms with E-state index in [0.717, 1.165) is 24.5 Å². The standard InChI is InChI=1S/C15H22N2/c1-17(10-12-5-3-2-4-6-12)11-13-9-14-7-8-15(13)16-14/h2-6,13-16H,7-11H2,1H3. The molecule has 1 aromatic rings. The van der Waals surface area contributed by atoms with Gasteiger partial charge in [0.1, 0.15) is 0 Å². The van der Waals surface area contributed by atoms with Crippen LogP contribution in [0.15, 0.2) is 30.3 Å². The summed E-state index contributed by atoms with van der Waals surface area (Å²) in [4.78, 5) is 2.47. The summed E-state index contributed by atoms with van der Waals surface area (Å²) in [6.45, 7) is 2.32. The van der Waals surface area contributed by atoms with Crippen molar-refractivity contribution in [2.45, 2.75) is 37.9 Å². The summed E-state index contributed by atoms with van der Waals surface area (Å²) in [5.74, 6) is 0.877. The molecule has 0 saturated carbocycles. The first-order valence-electron chi connectivity index (χ1n) is 6.80. The highest BCUT2D eigenvalue weighted by Gasteiger charge is 2.38. The van der Waals surface area contributed by atoms with Crippen LogP contribution in [0.25, 0.3) is 0 Å². The second-order valence-corrected chi connectivity index (χ2v) is 5.73. The third-order valence-corrected chi connectivity index (χ3v) is 4.27. The molecule has 3 rings (SSSR count). The number of nitrogens with one attached hydrogen (secondary N) is 1. The minimum atomic E-state index is 0.804. The first kappa shape index (κ1) is 11.2. The fourth-order valence-corrected chi connectivity index (χ4v) is 3.50. The lowest BCUT2D eigenvalue weighted by Crippen LogP contribution is -2.32. The van der Waals surface area contributed by atoms with E-state index in [4.69, 9.17) is 0 Å². The molecule has 1 N–H and O–H groups in total. The molecule has 2 aliphatic rings. The molecule has 0 aromatic heterocycles. The maximum Gasteiger partial charge on any atom is 0.0230 e. The fourth-order valence-electron chi connectivity index (χ4n) is 3.50. The Labute approximate surface area is 104 Å². The molecule has 2 fully saturated rings. The van der Waals surface area contributed by atoms with Crippen LogP contribution in [0.4, 0.5) is 0 Å². The molecule has 3 unspecified atom stereocenters. The topological polar surface area (TPSA) is 15.3 Å². The molecule has 0 amide bonds. The summed E-state index contributed by atoms with van der Waals surface area (Å²) < 4.78 is 0. The maximum absolute atomic E-state index is 3.72. The molecule has 0 aliphatic carbocycles.